The van der Waals surface area contributed by atoms with Crippen molar-refractivity contribution >= 4 is 28.4 Å². The van der Waals surface area contributed by atoms with Gasteiger partial charge < -0.3 is 14.6 Å². The number of halogens is 4. The summed E-state index contributed by atoms with van der Waals surface area (Å²) in [6.07, 6.45) is 1.66. The number of likely N-dealkylation sites (tertiary alicyclic amines) is 1. The van der Waals surface area contributed by atoms with E-state index in [2.05, 4.69) is 4.98 Å². The Bertz CT molecular complexity index is 1340. The smallest absolute Gasteiger partial charge is 0.249 e. The van der Waals surface area contributed by atoms with Crippen LogP contribution in [0.5, 0.6) is 11.5 Å². The monoisotopic (exact) mass is 567 g/mol. The average Bonchev–Trinajstić information content (AvgIpc) is 2.94. The van der Waals surface area contributed by atoms with E-state index in [-0.39, 0.29) is 24.5 Å². The Morgan fingerprint density at radius 2 is 1.97 bits per heavy atom. The van der Waals surface area contributed by atoms with Gasteiger partial charge in [0.05, 0.1) is 29.2 Å². The van der Waals surface area contributed by atoms with Gasteiger partial charge in [0.15, 0.2) is 11.6 Å². The molecule has 0 aliphatic carbocycles. The highest BCUT2D eigenvalue weighted by Crippen LogP contribution is 2.41. The summed E-state index contributed by atoms with van der Waals surface area (Å²) in [7, 11) is 1.53. The van der Waals surface area contributed by atoms with Gasteiger partial charge in [0, 0.05) is 35.8 Å². The van der Waals surface area contributed by atoms with Crippen LogP contribution in [0.1, 0.15) is 37.4 Å². The predicted octanol–water partition coefficient (Wildman–Crippen LogP) is 4.79. The van der Waals surface area contributed by atoms with Gasteiger partial charge in [-0.15, -0.1) is 0 Å². The van der Waals surface area contributed by atoms with E-state index in [9.17, 15) is 28.3 Å². The number of aliphatic hydroxyl groups excluding tert-OH is 1. The molecule has 39 heavy (non-hydrogen) atoms. The lowest BCUT2D eigenvalue weighted by Gasteiger charge is -2.40. The van der Waals surface area contributed by atoms with E-state index in [1.165, 1.54) is 13.3 Å². The summed E-state index contributed by atoms with van der Waals surface area (Å²) in [5.41, 5.74) is 1.93. The summed E-state index contributed by atoms with van der Waals surface area (Å²) in [6, 6.07) is 6.49. The first-order valence-corrected chi connectivity index (χ1v) is 12.8. The minimum atomic E-state index is -1.33. The van der Waals surface area contributed by atoms with Gasteiger partial charge in [-0.2, -0.15) is 4.39 Å². The molecule has 1 saturated heterocycles. The number of pyridine rings is 1. The van der Waals surface area contributed by atoms with Crippen molar-refractivity contribution < 1.29 is 37.8 Å². The number of fused-ring (bicyclic) bond motifs is 1. The van der Waals surface area contributed by atoms with E-state index >= 15 is 0 Å². The number of aromatic nitrogens is 1. The van der Waals surface area contributed by atoms with Gasteiger partial charge in [-0.05, 0) is 57.0 Å². The van der Waals surface area contributed by atoms with E-state index in [1.54, 1.807) is 23.7 Å². The number of amides is 1. The maximum atomic E-state index is 13.8. The largest absolute Gasteiger partial charge is 0.497 e. The molecule has 0 unspecified atom stereocenters. The zero-order valence-corrected chi connectivity index (χ0v) is 22.0. The first kappa shape index (κ1) is 28.9. The second-order valence-corrected chi connectivity index (χ2v) is 9.98. The Kier molecular flexibility index (Phi) is 9.16. The highest BCUT2D eigenvalue weighted by Gasteiger charge is 2.41. The lowest BCUT2D eigenvalue weighted by atomic mass is 9.73. The highest BCUT2D eigenvalue weighted by atomic mass is 35.5. The number of hydroxylamine groups is 1. The highest BCUT2D eigenvalue weighted by molar-refractivity contribution is 6.32. The number of carbonyl (C=O) groups is 1. The van der Waals surface area contributed by atoms with Crippen LogP contribution in [0.3, 0.4) is 0 Å². The molecule has 0 spiro atoms. The Balaban J connectivity index is 1.40. The van der Waals surface area contributed by atoms with Gasteiger partial charge in [0.25, 0.3) is 0 Å². The molecule has 0 saturated carbocycles. The van der Waals surface area contributed by atoms with Crippen molar-refractivity contribution in [1.82, 2.24) is 15.4 Å². The van der Waals surface area contributed by atoms with E-state index in [0.717, 1.165) is 6.07 Å². The standard InChI is InChI=1S/C27H29ClF3N3O5/c1-38-17-2-3-21-18(14-17)24(19(28)15-32-21)22(35)4-5-27(26(36)33-37)6-8-34(9-7-27)10-11-39-23-13-16(29)12-20(30)25(23)31/h2-3,12-15,22,35,37H,4-11H2,1H3,(H,33,36)/t22-/m1/s1. The van der Waals surface area contributed by atoms with Crippen LogP contribution in [0.4, 0.5) is 13.2 Å². The Hall–Kier alpha value is -3.12. The van der Waals surface area contributed by atoms with Crippen LogP contribution < -0.4 is 15.0 Å². The second kappa shape index (κ2) is 12.4. The quantitative estimate of drug-likeness (QED) is 0.184. The van der Waals surface area contributed by atoms with Crippen LogP contribution in [0.2, 0.25) is 5.02 Å². The maximum absolute atomic E-state index is 13.8. The third kappa shape index (κ3) is 6.38. The lowest BCUT2D eigenvalue weighted by Crippen LogP contribution is -2.49. The van der Waals surface area contributed by atoms with Crippen molar-refractivity contribution in [2.45, 2.75) is 31.8 Å². The van der Waals surface area contributed by atoms with Crippen LogP contribution in [-0.4, -0.2) is 59.5 Å². The molecule has 4 rings (SSSR count). The van der Waals surface area contributed by atoms with Gasteiger partial charge in [-0.3, -0.25) is 19.9 Å². The molecule has 0 radical (unpaired) electrons. The van der Waals surface area contributed by atoms with Crippen LogP contribution in [0.25, 0.3) is 10.9 Å². The third-order valence-electron chi connectivity index (χ3n) is 7.32. The van der Waals surface area contributed by atoms with Crippen molar-refractivity contribution in [2.24, 2.45) is 5.41 Å². The summed E-state index contributed by atoms with van der Waals surface area (Å²) >= 11 is 6.41. The molecule has 3 aromatic rings. The molecular formula is C27H29ClF3N3O5. The number of hydrogen-bond acceptors (Lipinski definition) is 7. The summed E-state index contributed by atoms with van der Waals surface area (Å²) in [4.78, 5) is 19.0. The van der Waals surface area contributed by atoms with E-state index in [1.807, 2.05) is 4.90 Å². The number of carbonyl (C=O) groups excluding carboxylic acids is 1. The normalized spacial score (nSPS) is 16.2. The fourth-order valence-corrected chi connectivity index (χ4v) is 5.30. The Labute approximate surface area is 228 Å². The first-order chi connectivity index (χ1) is 18.7. The molecule has 1 amide bonds. The summed E-state index contributed by atoms with van der Waals surface area (Å²) in [6.45, 7) is 1.21. The number of rotatable bonds is 10. The van der Waals surface area contributed by atoms with Crippen LogP contribution in [-0.2, 0) is 4.79 Å². The predicted molar refractivity (Wildman–Crippen MR) is 137 cm³/mol. The van der Waals surface area contributed by atoms with Gasteiger partial charge in [0.2, 0.25) is 11.7 Å². The third-order valence-corrected chi connectivity index (χ3v) is 7.62. The zero-order valence-electron chi connectivity index (χ0n) is 21.2. The zero-order chi connectivity index (χ0) is 28.2. The van der Waals surface area contributed by atoms with Crippen molar-refractivity contribution in [2.75, 3.05) is 33.4 Å². The number of benzene rings is 2. The van der Waals surface area contributed by atoms with Gasteiger partial charge in [-0.25, -0.2) is 14.3 Å². The molecule has 1 fully saturated rings. The molecule has 1 aliphatic rings. The fourth-order valence-electron chi connectivity index (χ4n) is 5.03. The molecule has 1 atom stereocenters. The van der Waals surface area contributed by atoms with Gasteiger partial charge in [-0.1, -0.05) is 11.6 Å². The molecule has 210 valence electrons. The number of ether oxygens (including phenoxy) is 2. The summed E-state index contributed by atoms with van der Waals surface area (Å²) in [5.74, 6) is -4.00. The summed E-state index contributed by atoms with van der Waals surface area (Å²) < 4.78 is 51.1. The molecule has 3 N–H and O–H groups in total. The van der Waals surface area contributed by atoms with E-state index in [4.69, 9.17) is 21.1 Å². The maximum Gasteiger partial charge on any atom is 0.249 e. The molecule has 1 aliphatic heterocycles. The number of nitrogens with one attached hydrogen (secondary N) is 1. The number of piperidine rings is 1. The molecule has 8 nitrogen and oxygen atoms in total. The molecule has 2 aromatic carbocycles. The molecule has 2 heterocycles. The molecule has 12 heteroatoms. The van der Waals surface area contributed by atoms with Crippen LogP contribution in [0, 0.1) is 22.9 Å². The fraction of sp³-hybridized carbons (Fsp3) is 0.407. The minimum Gasteiger partial charge on any atom is -0.497 e. The van der Waals surface area contributed by atoms with Crippen molar-refractivity contribution in [3.8, 4) is 11.5 Å². The average molecular weight is 568 g/mol. The minimum absolute atomic E-state index is 0.0190. The SMILES string of the molecule is COc1ccc2ncc(Cl)c([C@H](O)CCC3(C(=O)NO)CCN(CCOc4cc(F)cc(F)c4F)CC3)c2c1. The van der Waals surface area contributed by atoms with Crippen molar-refractivity contribution in [3.63, 3.8) is 0 Å². The number of methoxy groups -OCH3 is 1. The molecular weight excluding hydrogens is 539 g/mol. The Morgan fingerprint density at radius 1 is 1.23 bits per heavy atom. The van der Waals surface area contributed by atoms with Gasteiger partial charge >= 0.3 is 0 Å². The lowest BCUT2D eigenvalue weighted by molar-refractivity contribution is -0.143. The van der Waals surface area contributed by atoms with Crippen LogP contribution in [0.15, 0.2) is 36.5 Å². The van der Waals surface area contributed by atoms with E-state index in [0.29, 0.717) is 60.8 Å². The second-order valence-electron chi connectivity index (χ2n) is 9.57. The summed E-state index contributed by atoms with van der Waals surface area (Å²) in [5, 5.41) is 21.5. The first-order valence-electron chi connectivity index (χ1n) is 12.4. The number of hydrogen-bond donors (Lipinski definition) is 3. The van der Waals surface area contributed by atoms with Crippen LogP contribution >= 0.6 is 11.6 Å². The number of nitrogens with zero attached hydrogens (tertiary/aromatic N) is 2. The molecule has 1 aromatic heterocycles. The topological polar surface area (TPSA) is 104 Å². The van der Waals surface area contributed by atoms with Gasteiger partial charge in [0.1, 0.15) is 18.2 Å². The van der Waals surface area contributed by atoms with Crippen molar-refractivity contribution in [1.29, 1.82) is 0 Å². The number of aliphatic hydroxyl groups is 1. The van der Waals surface area contributed by atoms with Crippen molar-refractivity contribution in [3.05, 3.63) is 64.6 Å². The Morgan fingerprint density at radius 3 is 2.67 bits per heavy atom. The van der Waals surface area contributed by atoms with E-state index < -0.39 is 40.6 Å². The molecule has 0 bridgehead atoms.